The van der Waals surface area contributed by atoms with Crippen LogP contribution < -0.4 is 4.74 Å². The molecule has 0 bridgehead atoms. The van der Waals surface area contributed by atoms with Gasteiger partial charge in [0.05, 0.1) is 0 Å². The zero-order valence-corrected chi connectivity index (χ0v) is 13.3. The fourth-order valence-electron chi connectivity index (χ4n) is 2.07. The highest BCUT2D eigenvalue weighted by molar-refractivity contribution is 5.73. The van der Waals surface area contributed by atoms with Gasteiger partial charge in [0.2, 0.25) is 0 Å². The van der Waals surface area contributed by atoms with Crippen LogP contribution in [0, 0.1) is 17.0 Å². The first-order valence-electron chi connectivity index (χ1n) is 6.73. The number of hydrogen-bond acceptors (Lipinski definition) is 2. The van der Waals surface area contributed by atoms with Crippen LogP contribution in [0.4, 0.5) is 8.78 Å². The Hall–Kier alpha value is -1.65. The SMILES string of the molecule is CC(C)(C)c1c(F)cc(OC(C(=O)O)C(C)(C)C)cc1F. The summed E-state index contributed by atoms with van der Waals surface area (Å²) >= 11 is 0. The summed E-state index contributed by atoms with van der Waals surface area (Å²) < 4.78 is 33.5. The molecule has 3 nitrogen and oxygen atoms in total. The standard InChI is InChI=1S/C16H22F2O3/c1-15(2,3)12-10(17)7-9(8-11(12)18)21-13(14(19)20)16(4,5)6/h7-8,13H,1-6H3,(H,19,20). The van der Waals surface area contributed by atoms with E-state index < -0.39 is 34.5 Å². The number of benzene rings is 1. The van der Waals surface area contributed by atoms with Gasteiger partial charge in [-0.2, -0.15) is 0 Å². The normalized spacial score (nSPS) is 13.9. The highest BCUT2D eigenvalue weighted by Crippen LogP contribution is 2.32. The highest BCUT2D eigenvalue weighted by Gasteiger charge is 2.34. The summed E-state index contributed by atoms with van der Waals surface area (Å²) in [6, 6.07) is 2.07. The molecule has 0 saturated heterocycles. The molecule has 118 valence electrons. The van der Waals surface area contributed by atoms with Crippen molar-refractivity contribution in [3.8, 4) is 5.75 Å². The Morgan fingerprint density at radius 1 is 1.10 bits per heavy atom. The number of rotatable bonds is 3. The summed E-state index contributed by atoms with van der Waals surface area (Å²) in [7, 11) is 0. The fraction of sp³-hybridized carbons (Fsp3) is 0.562. The van der Waals surface area contributed by atoms with Crippen molar-refractivity contribution in [2.24, 2.45) is 5.41 Å². The molecule has 5 heteroatoms. The van der Waals surface area contributed by atoms with E-state index in [1.54, 1.807) is 41.5 Å². The molecule has 1 N–H and O–H groups in total. The van der Waals surface area contributed by atoms with Crippen molar-refractivity contribution < 1.29 is 23.4 Å². The largest absolute Gasteiger partial charge is 0.478 e. The number of halogens is 2. The molecular formula is C16H22F2O3. The zero-order valence-electron chi connectivity index (χ0n) is 13.3. The van der Waals surface area contributed by atoms with E-state index in [-0.39, 0.29) is 11.3 Å². The van der Waals surface area contributed by atoms with Gasteiger partial charge in [0.1, 0.15) is 17.4 Å². The van der Waals surface area contributed by atoms with E-state index in [0.29, 0.717) is 0 Å². The van der Waals surface area contributed by atoms with Gasteiger partial charge in [-0.25, -0.2) is 13.6 Å². The molecule has 1 aromatic carbocycles. The molecule has 0 aliphatic heterocycles. The van der Waals surface area contributed by atoms with Crippen LogP contribution in [0.3, 0.4) is 0 Å². The van der Waals surface area contributed by atoms with E-state index in [1.807, 2.05) is 0 Å². The van der Waals surface area contributed by atoms with E-state index in [0.717, 1.165) is 12.1 Å². The van der Waals surface area contributed by atoms with Crippen molar-refractivity contribution in [2.45, 2.75) is 53.1 Å². The molecule has 1 aromatic rings. The third-order valence-corrected chi connectivity index (χ3v) is 3.03. The van der Waals surface area contributed by atoms with Crippen molar-refractivity contribution in [3.63, 3.8) is 0 Å². The average Bonchev–Trinajstić information content (AvgIpc) is 2.20. The van der Waals surface area contributed by atoms with Crippen LogP contribution in [-0.2, 0) is 10.2 Å². The van der Waals surface area contributed by atoms with E-state index in [9.17, 15) is 18.7 Å². The number of hydrogen-bond donors (Lipinski definition) is 1. The summed E-state index contributed by atoms with van der Waals surface area (Å²) in [5.41, 5.74) is -1.44. The van der Waals surface area contributed by atoms with Gasteiger partial charge < -0.3 is 9.84 Å². The minimum absolute atomic E-state index is 0.0440. The van der Waals surface area contributed by atoms with Crippen molar-refractivity contribution >= 4 is 5.97 Å². The molecule has 0 aromatic heterocycles. The molecular weight excluding hydrogens is 278 g/mol. The van der Waals surface area contributed by atoms with E-state index in [4.69, 9.17) is 4.74 Å². The molecule has 0 amide bonds. The maximum Gasteiger partial charge on any atom is 0.345 e. The molecule has 0 aliphatic carbocycles. The number of carbonyl (C=O) groups is 1. The summed E-state index contributed by atoms with van der Waals surface area (Å²) in [4.78, 5) is 11.2. The van der Waals surface area contributed by atoms with Gasteiger partial charge in [-0.3, -0.25) is 0 Å². The Labute approximate surface area is 123 Å². The fourth-order valence-corrected chi connectivity index (χ4v) is 2.07. The summed E-state index contributed by atoms with van der Waals surface area (Å²) in [5.74, 6) is -2.78. The Morgan fingerprint density at radius 2 is 1.52 bits per heavy atom. The van der Waals surface area contributed by atoms with Crippen molar-refractivity contribution in [3.05, 3.63) is 29.3 Å². The minimum atomic E-state index is -1.20. The zero-order chi connectivity index (χ0) is 16.6. The van der Waals surface area contributed by atoms with Gasteiger partial charge >= 0.3 is 5.97 Å². The van der Waals surface area contributed by atoms with Crippen LogP contribution in [0.2, 0.25) is 0 Å². The van der Waals surface area contributed by atoms with Crippen LogP contribution >= 0.6 is 0 Å². The Bertz CT molecular complexity index is 516. The van der Waals surface area contributed by atoms with Gasteiger partial charge in [-0.05, 0) is 5.41 Å². The number of aliphatic carboxylic acids is 1. The van der Waals surface area contributed by atoms with Gasteiger partial charge in [0.25, 0.3) is 0 Å². The minimum Gasteiger partial charge on any atom is -0.478 e. The van der Waals surface area contributed by atoms with Gasteiger partial charge in [0.15, 0.2) is 6.10 Å². The number of carboxylic acid groups (broad SMARTS) is 1. The van der Waals surface area contributed by atoms with Gasteiger partial charge in [-0.15, -0.1) is 0 Å². The van der Waals surface area contributed by atoms with Crippen LogP contribution in [0.1, 0.15) is 47.1 Å². The maximum atomic E-state index is 14.1. The van der Waals surface area contributed by atoms with E-state index in [2.05, 4.69) is 0 Å². The van der Waals surface area contributed by atoms with E-state index >= 15 is 0 Å². The summed E-state index contributed by atoms with van der Waals surface area (Å²) in [6.07, 6.45) is -1.20. The van der Waals surface area contributed by atoms with Crippen molar-refractivity contribution in [1.82, 2.24) is 0 Å². The predicted molar refractivity (Wildman–Crippen MR) is 76.6 cm³/mol. The lowest BCUT2D eigenvalue weighted by atomic mass is 9.86. The molecule has 0 heterocycles. The first-order valence-corrected chi connectivity index (χ1v) is 6.73. The molecule has 1 rings (SSSR count). The first kappa shape index (κ1) is 17.4. The molecule has 21 heavy (non-hydrogen) atoms. The lowest BCUT2D eigenvalue weighted by Gasteiger charge is -2.28. The second-order valence-corrected chi connectivity index (χ2v) is 7.21. The maximum absolute atomic E-state index is 14.1. The predicted octanol–water partition coefficient (Wildman–Crippen LogP) is 4.14. The number of ether oxygens (including phenoxy) is 1. The Morgan fingerprint density at radius 3 is 1.81 bits per heavy atom. The second kappa shape index (κ2) is 5.62. The van der Waals surface area contributed by atoms with Crippen LogP contribution in [0.25, 0.3) is 0 Å². The van der Waals surface area contributed by atoms with Crippen LogP contribution in [-0.4, -0.2) is 17.2 Å². The topological polar surface area (TPSA) is 46.5 Å². The molecule has 1 atom stereocenters. The quantitative estimate of drug-likeness (QED) is 0.912. The molecule has 0 saturated carbocycles. The molecule has 1 unspecified atom stereocenters. The summed E-state index contributed by atoms with van der Waals surface area (Å²) in [6.45, 7) is 10.1. The van der Waals surface area contributed by atoms with Crippen LogP contribution in [0.5, 0.6) is 5.75 Å². The van der Waals surface area contributed by atoms with E-state index in [1.165, 1.54) is 0 Å². The van der Waals surface area contributed by atoms with Crippen molar-refractivity contribution in [1.29, 1.82) is 0 Å². The monoisotopic (exact) mass is 300 g/mol. The summed E-state index contributed by atoms with van der Waals surface area (Å²) in [5, 5.41) is 9.18. The lowest BCUT2D eigenvalue weighted by molar-refractivity contribution is -0.150. The lowest BCUT2D eigenvalue weighted by Crippen LogP contribution is -2.39. The Balaban J connectivity index is 3.20. The first-order chi connectivity index (χ1) is 9.34. The Kier molecular flexibility index (Phi) is 4.66. The third kappa shape index (κ3) is 4.16. The molecule has 0 fully saturated rings. The van der Waals surface area contributed by atoms with Gasteiger partial charge in [0, 0.05) is 23.1 Å². The molecule has 0 radical (unpaired) electrons. The molecule has 0 spiro atoms. The highest BCUT2D eigenvalue weighted by atomic mass is 19.1. The number of carboxylic acids is 1. The molecule has 0 aliphatic rings. The second-order valence-electron chi connectivity index (χ2n) is 7.21. The van der Waals surface area contributed by atoms with Crippen molar-refractivity contribution in [2.75, 3.05) is 0 Å². The van der Waals surface area contributed by atoms with Crippen LogP contribution in [0.15, 0.2) is 12.1 Å². The average molecular weight is 300 g/mol. The smallest absolute Gasteiger partial charge is 0.345 e. The third-order valence-electron chi connectivity index (χ3n) is 3.03. The van der Waals surface area contributed by atoms with Gasteiger partial charge in [-0.1, -0.05) is 41.5 Å².